The van der Waals surface area contributed by atoms with Crippen LogP contribution in [0.4, 0.5) is 5.69 Å². The van der Waals surface area contributed by atoms with Gasteiger partial charge in [0.15, 0.2) is 0 Å². The number of hydrogen-bond donors (Lipinski definition) is 4. The number of carbonyl (C=O) groups is 2. The third kappa shape index (κ3) is 7.87. The van der Waals surface area contributed by atoms with Crippen LogP contribution < -0.4 is 9.44 Å². The number of para-hydroxylation sites is 1. The summed E-state index contributed by atoms with van der Waals surface area (Å²) < 4.78 is 55.3. The second-order valence-corrected chi connectivity index (χ2v) is 12.3. The number of aliphatic carboxylic acids is 2. The van der Waals surface area contributed by atoms with Crippen LogP contribution in [0.1, 0.15) is 52.9 Å². The van der Waals surface area contributed by atoms with Gasteiger partial charge in [0.2, 0.25) is 0 Å². The minimum atomic E-state index is -3.80. The second kappa shape index (κ2) is 11.6. The first-order chi connectivity index (χ1) is 16.2. The van der Waals surface area contributed by atoms with E-state index in [2.05, 4.69) is 9.44 Å². The molecule has 2 aliphatic rings. The Morgan fingerprint density at radius 2 is 1.37 bits per heavy atom. The Balaban J connectivity index is 0.000000247. The average Bonchev–Trinajstić information content (AvgIpc) is 3.45. The van der Waals surface area contributed by atoms with Gasteiger partial charge in [0.1, 0.15) is 12.1 Å². The molecule has 0 radical (unpaired) electrons. The Morgan fingerprint density at radius 3 is 1.80 bits per heavy atom. The molecule has 0 bridgehead atoms. The van der Waals surface area contributed by atoms with Crippen LogP contribution >= 0.6 is 0 Å². The summed E-state index contributed by atoms with van der Waals surface area (Å²) in [7, 11) is -7.53. The van der Waals surface area contributed by atoms with Crippen molar-refractivity contribution >= 4 is 38.0 Å². The van der Waals surface area contributed by atoms with Gasteiger partial charge in [-0.15, -0.1) is 0 Å². The quantitative estimate of drug-likeness (QED) is 0.368. The molecule has 198 valence electrons. The molecule has 0 aromatic heterocycles. The van der Waals surface area contributed by atoms with Crippen LogP contribution in [-0.4, -0.2) is 78.3 Å². The van der Waals surface area contributed by atoms with Gasteiger partial charge in [-0.2, -0.15) is 30.2 Å². The van der Waals surface area contributed by atoms with Gasteiger partial charge >= 0.3 is 22.1 Å². The highest BCUT2D eigenvalue weighted by atomic mass is 32.2. The van der Waals surface area contributed by atoms with E-state index in [4.69, 9.17) is 10.2 Å². The van der Waals surface area contributed by atoms with Crippen molar-refractivity contribution in [3.05, 3.63) is 30.3 Å². The van der Waals surface area contributed by atoms with Crippen molar-refractivity contribution < 1.29 is 36.6 Å². The molecule has 1 aromatic rings. The third-order valence-corrected chi connectivity index (χ3v) is 9.32. The standard InChI is InChI=1S/C11H14N2O4S.C10H20N2O4S/c14-11(15)10-7-4-8-13(10)18(16,17)12-9-5-2-1-3-6-9;1-4-10(2,3)11-17(15,16)12-7-5-6-8(12)9(13)14/h1-3,5-6,10,12H,4,7-8H2,(H,14,15);8,11H,4-7H2,1-3H3,(H,13,14)/t10-;8-/m00/s1. The molecule has 2 fully saturated rings. The number of carboxylic acids is 2. The zero-order chi connectivity index (χ0) is 26.4. The van der Waals surface area contributed by atoms with Gasteiger partial charge in [0, 0.05) is 24.3 Å². The minimum Gasteiger partial charge on any atom is -0.480 e. The van der Waals surface area contributed by atoms with Gasteiger partial charge < -0.3 is 10.2 Å². The van der Waals surface area contributed by atoms with Crippen molar-refractivity contribution in [2.45, 2.75) is 70.5 Å². The molecule has 2 saturated heterocycles. The van der Waals surface area contributed by atoms with E-state index in [9.17, 15) is 26.4 Å². The molecule has 14 heteroatoms. The molecule has 0 spiro atoms. The number of anilines is 1. The highest BCUT2D eigenvalue weighted by Crippen LogP contribution is 2.23. The van der Waals surface area contributed by atoms with Crippen molar-refractivity contribution in [1.29, 1.82) is 0 Å². The minimum absolute atomic E-state index is 0.235. The Labute approximate surface area is 206 Å². The fourth-order valence-electron chi connectivity index (χ4n) is 3.74. The Kier molecular flexibility index (Phi) is 9.64. The SMILES string of the molecule is CCC(C)(C)NS(=O)(=O)N1CCC[C@H]1C(=O)O.O=C(O)[C@@H]1CCCN1S(=O)(=O)Nc1ccccc1. The van der Waals surface area contributed by atoms with Gasteiger partial charge in [-0.25, -0.2) is 0 Å². The molecule has 2 heterocycles. The van der Waals surface area contributed by atoms with Crippen LogP contribution in [0.2, 0.25) is 0 Å². The largest absolute Gasteiger partial charge is 0.480 e. The second-order valence-electron chi connectivity index (χ2n) is 9.03. The molecule has 0 aliphatic carbocycles. The summed E-state index contributed by atoms with van der Waals surface area (Å²) in [6.07, 6.45) is 2.52. The smallest absolute Gasteiger partial charge is 0.322 e. The Hall–Kier alpha value is -2.26. The van der Waals surface area contributed by atoms with Gasteiger partial charge in [0.05, 0.1) is 0 Å². The van der Waals surface area contributed by atoms with E-state index in [1.807, 2.05) is 6.92 Å². The van der Waals surface area contributed by atoms with Crippen LogP contribution in [0, 0.1) is 0 Å². The van der Waals surface area contributed by atoms with Crippen molar-refractivity contribution in [2.75, 3.05) is 17.8 Å². The molecular formula is C21H34N4O8S2. The molecule has 2 aliphatic heterocycles. The van der Waals surface area contributed by atoms with E-state index in [0.29, 0.717) is 37.8 Å². The van der Waals surface area contributed by atoms with E-state index in [-0.39, 0.29) is 13.1 Å². The van der Waals surface area contributed by atoms with Crippen molar-refractivity contribution in [2.24, 2.45) is 0 Å². The van der Waals surface area contributed by atoms with Gasteiger partial charge in [-0.05, 0) is 58.1 Å². The number of rotatable bonds is 9. The predicted molar refractivity (Wildman–Crippen MR) is 130 cm³/mol. The highest BCUT2D eigenvalue weighted by Gasteiger charge is 2.40. The summed E-state index contributed by atoms with van der Waals surface area (Å²) in [6, 6.07) is 6.51. The Morgan fingerprint density at radius 1 is 0.914 bits per heavy atom. The molecule has 35 heavy (non-hydrogen) atoms. The highest BCUT2D eigenvalue weighted by molar-refractivity contribution is 7.90. The maximum atomic E-state index is 12.1. The molecule has 3 rings (SSSR count). The zero-order valence-corrected chi connectivity index (χ0v) is 21.7. The monoisotopic (exact) mass is 534 g/mol. The normalized spacial score (nSPS) is 21.8. The van der Waals surface area contributed by atoms with E-state index >= 15 is 0 Å². The first-order valence-electron chi connectivity index (χ1n) is 11.3. The molecule has 0 amide bonds. The van der Waals surface area contributed by atoms with E-state index in [0.717, 1.165) is 8.61 Å². The maximum Gasteiger partial charge on any atom is 0.322 e. The zero-order valence-electron chi connectivity index (χ0n) is 20.0. The molecule has 0 unspecified atom stereocenters. The lowest BCUT2D eigenvalue weighted by molar-refractivity contribution is -0.141. The molecule has 0 saturated carbocycles. The first-order valence-corrected chi connectivity index (χ1v) is 14.2. The summed E-state index contributed by atoms with van der Waals surface area (Å²) >= 11 is 0. The number of benzene rings is 1. The lowest BCUT2D eigenvalue weighted by Gasteiger charge is -2.29. The lowest BCUT2D eigenvalue weighted by atomic mass is 10.0. The molecule has 2 atom stereocenters. The average molecular weight is 535 g/mol. The van der Waals surface area contributed by atoms with Crippen molar-refractivity contribution in [3.63, 3.8) is 0 Å². The molecule has 4 N–H and O–H groups in total. The number of nitrogens with one attached hydrogen (secondary N) is 2. The van der Waals surface area contributed by atoms with E-state index < -0.39 is 50.0 Å². The van der Waals surface area contributed by atoms with Crippen LogP contribution in [-0.2, 0) is 30.0 Å². The van der Waals surface area contributed by atoms with Crippen LogP contribution in [0.25, 0.3) is 0 Å². The number of nitrogens with zero attached hydrogens (tertiary/aromatic N) is 2. The predicted octanol–water partition coefficient (Wildman–Crippen LogP) is 1.45. The topological polar surface area (TPSA) is 173 Å². The van der Waals surface area contributed by atoms with Gasteiger partial charge in [-0.3, -0.25) is 14.3 Å². The van der Waals surface area contributed by atoms with E-state index in [1.54, 1.807) is 44.2 Å². The Bertz CT molecular complexity index is 1090. The van der Waals surface area contributed by atoms with Crippen LogP contribution in [0.15, 0.2) is 30.3 Å². The van der Waals surface area contributed by atoms with Crippen LogP contribution in [0.5, 0.6) is 0 Å². The summed E-state index contributed by atoms with van der Waals surface area (Å²) in [6.45, 7) is 5.93. The van der Waals surface area contributed by atoms with Gasteiger partial charge in [0.25, 0.3) is 10.2 Å². The summed E-state index contributed by atoms with van der Waals surface area (Å²) in [5.41, 5.74) is -0.140. The molecule has 1 aromatic carbocycles. The number of hydrogen-bond acceptors (Lipinski definition) is 6. The van der Waals surface area contributed by atoms with Crippen molar-refractivity contribution in [1.82, 2.24) is 13.3 Å². The fourth-order valence-corrected chi connectivity index (χ4v) is 7.05. The van der Waals surface area contributed by atoms with Crippen molar-refractivity contribution in [3.8, 4) is 0 Å². The maximum absolute atomic E-state index is 12.1. The summed E-state index contributed by atoms with van der Waals surface area (Å²) in [5.74, 6) is -2.19. The van der Waals surface area contributed by atoms with Gasteiger partial charge in [-0.1, -0.05) is 25.1 Å². The lowest BCUT2D eigenvalue weighted by Crippen LogP contribution is -2.52. The fraction of sp³-hybridized carbons (Fsp3) is 0.619. The first kappa shape index (κ1) is 29.0. The van der Waals surface area contributed by atoms with Crippen LogP contribution in [0.3, 0.4) is 0 Å². The summed E-state index contributed by atoms with van der Waals surface area (Å²) in [4.78, 5) is 21.9. The van der Waals surface area contributed by atoms with E-state index in [1.165, 1.54) is 0 Å². The molecule has 12 nitrogen and oxygen atoms in total. The third-order valence-electron chi connectivity index (χ3n) is 5.90. The summed E-state index contributed by atoms with van der Waals surface area (Å²) in [5, 5.41) is 17.9. The molecular weight excluding hydrogens is 500 g/mol. The number of carboxylic acid groups (broad SMARTS) is 2.